The van der Waals surface area contributed by atoms with E-state index in [0.29, 0.717) is 0 Å². The Morgan fingerprint density at radius 1 is 0.947 bits per heavy atom. The summed E-state index contributed by atoms with van der Waals surface area (Å²) in [5.41, 5.74) is 3.53. The SMILES string of the molecule is Cc1ccccc1C(C)N[C@@H](C)c1cccc(F)c1. The molecule has 0 aliphatic rings. The van der Waals surface area contributed by atoms with Crippen LogP contribution in [0.25, 0.3) is 0 Å². The molecule has 2 heteroatoms. The molecule has 1 nitrogen and oxygen atoms in total. The van der Waals surface area contributed by atoms with E-state index in [9.17, 15) is 4.39 Å². The van der Waals surface area contributed by atoms with Crippen molar-refractivity contribution in [2.45, 2.75) is 32.9 Å². The van der Waals surface area contributed by atoms with Gasteiger partial charge < -0.3 is 5.32 Å². The monoisotopic (exact) mass is 257 g/mol. The van der Waals surface area contributed by atoms with Crippen LogP contribution in [0.15, 0.2) is 48.5 Å². The fourth-order valence-electron chi connectivity index (χ4n) is 2.41. The van der Waals surface area contributed by atoms with Gasteiger partial charge >= 0.3 is 0 Å². The first kappa shape index (κ1) is 13.8. The highest BCUT2D eigenvalue weighted by molar-refractivity contribution is 5.29. The maximum Gasteiger partial charge on any atom is 0.123 e. The number of hydrogen-bond acceptors (Lipinski definition) is 1. The van der Waals surface area contributed by atoms with Crippen molar-refractivity contribution in [3.05, 3.63) is 71.0 Å². The van der Waals surface area contributed by atoms with E-state index < -0.39 is 0 Å². The summed E-state index contributed by atoms with van der Waals surface area (Å²) < 4.78 is 13.2. The van der Waals surface area contributed by atoms with E-state index >= 15 is 0 Å². The van der Waals surface area contributed by atoms with E-state index in [4.69, 9.17) is 0 Å². The fourth-order valence-corrected chi connectivity index (χ4v) is 2.41. The summed E-state index contributed by atoms with van der Waals surface area (Å²) in [5, 5.41) is 3.51. The molecule has 100 valence electrons. The molecule has 0 saturated carbocycles. The first-order valence-corrected chi connectivity index (χ1v) is 6.65. The largest absolute Gasteiger partial charge is 0.304 e. The van der Waals surface area contributed by atoms with Gasteiger partial charge in [0, 0.05) is 12.1 Å². The molecule has 2 aromatic carbocycles. The van der Waals surface area contributed by atoms with Gasteiger partial charge in [-0.2, -0.15) is 0 Å². The standard InChI is InChI=1S/C17H20FN/c1-12-7-4-5-10-17(12)14(3)19-13(2)15-8-6-9-16(18)11-15/h4-11,13-14,19H,1-3H3/t13-,14?/m0/s1. The van der Waals surface area contributed by atoms with Crippen molar-refractivity contribution in [1.82, 2.24) is 5.32 Å². The molecule has 0 saturated heterocycles. The average molecular weight is 257 g/mol. The molecule has 2 aromatic rings. The van der Waals surface area contributed by atoms with Gasteiger partial charge in [0.25, 0.3) is 0 Å². The topological polar surface area (TPSA) is 12.0 Å². The molecule has 1 unspecified atom stereocenters. The lowest BCUT2D eigenvalue weighted by Crippen LogP contribution is -2.23. The minimum absolute atomic E-state index is 0.116. The summed E-state index contributed by atoms with van der Waals surface area (Å²) in [6.07, 6.45) is 0. The Bertz CT molecular complexity index is 550. The van der Waals surface area contributed by atoms with Crippen LogP contribution in [-0.2, 0) is 0 Å². The van der Waals surface area contributed by atoms with Crippen molar-refractivity contribution >= 4 is 0 Å². The molecule has 0 bridgehead atoms. The van der Waals surface area contributed by atoms with Crippen LogP contribution in [0.3, 0.4) is 0 Å². The van der Waals surface area contributed by atoms with Crippen molar-refractivity contribution in [3.8, 4) is 0 Å². The molecule has 0 spiro atoms. The van der Waals surface area contributed by atoms with E-state index in [0.717, 1.165) is 5.56 Å². The minimum Gasteiger partial charge on any atom is -0.304 e. The smallest absolute Gasteiger partial charge is 0.123 e. The van der Waals surface area contributed by atoms with E-state index in [1.165, 1.54) is 17.2 Å². The Kier molecular flexibility index (Phi) is 4.33. The van der Waals surface area contributed by atoms with Gasteiger partial charge in [-0.3, -0.25) is 0 Å². The maximum absolute atomic E-state index is 13.2. The third-order valence-electron chi connectivity index (χ3n) is 3.50. The van der Waals surface area contributed by atoms with Gasteiger partial charge in [-0.15, -0.1) is 0 Å². The van der Waals surface area contributed by atoms with Crippen LogP contribution in [0.2, 0.25) is 0 Å². The van der Waals surface area contributed by atoms with Gasteiger partial charge in [0.05, 0.1) is 0 Å². The number of rotatable bonds is 4. The summed E-state index contributed by atoms with van der Waals surface area (Å²) in [6, 6.07) is 15.4. The quantitative estimate of drug-likeness (QED) is 0.847. The predicted octanol–water partition coefficient (Wildman–Crippen LogP) is 4.55. The lowest BCUT2D eigenvalue weighted by Gasteiger charge is -2.22. The fraction of sp³-hybridized carbons (Fsp3) is 0.294. The van der Waals surface area contributed by atoms with Gasteiger partial charge in [-0.25, -0.2) is 4.39 Å². The Balaban J connectivity index is 2.11. The summed E-state index contributed by atoms with van der Waals surface area (Å²) >= 11 is 0. The van der Waals surface area contributed by atoms with Crippen LogP contribution in [-0.4, -0.2) is 0 Å². The second-order valence-corrected chi connectivity index (χ2v) is 5.02. The van der Waals surface area contributed by atoms with Gasteiger partial charge in [-0.1, -0.05) is 36.4 Å². The highest BCUT2D eigenvalue weighted by Gasteiger charge is 2.12. The van der Waals surface area contributed by atoms with E-state index in [1.807, 2.05) is 18.2 Å². The summed E-state index contributed by atoms with van der Waals surface area (Å²) in [6.45, 7) is 6.31. The van der Waals surface area contributed by atoms with Crippen LogP contribution < -0.4 is 5.32 Å². The third-order valence-corrected chi connectivity index (χ3v) is 3.50. The number of halogens is 1. The Morgan fingerprint density at radius 2 is 1.68 bits per heavy atom. The van der Waals surface area contributed by atoms with E-state index in [-0.39, 0.29) is 17.9 Å². The molecule has 0 aromatic heterocycles. The molecule has 2 atom stereocenters. The number of nitrogens with one attached hydrogen (secondary N) is 1. The zero-order valence-electron chi connectivity index (χ0n) is 11.7. The minimum atomic E-state index is -0.185. The second-order valence-electron chi connectivity index (χ2n) is 5.02. The molecule has 0 radical (unpaired) electrons. The lowest BCUT2D eigenvalue weighted by molar-refractivity contribution is 0.490. The molecule has 0 amide bonds. The van der Waals surface area contributed by atoms with Crippen molar-refractivity contribution < 1.29 is 4.39 Å². The molecule has 0 aliphatic heterocycles. The Hall–Kier alpha value is -1.67. The first-order valence-electron chi connectivity index (χ1n) is 6.65. The number of benzene rings is 2. The van der Waals surface area contributed by atoms with Crippen LogP contribution in [0.5, 0.6) is 0 Å². The van der Waals surface area contributed by atoms with Crippen LogP contribution in [0, 0.1) is 12.7 Å². The molecule has 2 rings (SSSR count). The van der Waals surface area contributed by atoms with Crippen LogP contribution in [0.4, 0.5) is 4.39 Å². The highest BCUT2D eigenvalue weighted by atomic mass is 19.1. The predicted molar refractivity (Wildman–Crippen MR) is 77.5 cm³/mol. The third kappa shape index (κ3) is 3.42. The second kappa shape index (κ2) is 5.98. The summed E-state index contributed by atoms with van der Waals surface area (Å²) in [7, 11) is 0. The maximum atomic E-state index is 13.2. The van der Waals surface area contributed by atoms with Gasteiger partial charge in [0.2, 0.25) is 0 Å². The number of hydrogen-bond donors (Lipinski definition) is 1. The van der Waals surface area contributed by atoms with Gasteiger partial charge in [0.15, 0.2) is 0 Å². The van der Waals surface area contributed by atoms with Crippen molar-refractivity contribution in [2.24, 2.45) is 0 Å². The van der Waals surface area contributed by atoms with Gasteiger partial charge in [0.1, 0.15) is 5.82 Å². The molecular formula is C17H20FN. The number of aryl methyl sites for hydroxylation is 1. The van der Waals surface area contributed by atoms with E-state index in [2.05, 4.69) is 38.2 Å². The molecule has 1 N–H and O–H groups in total. The van der Waals surface area contributed by atoms with Crippen molar-refractivity contribution in [1.29, 1.82) is 0 Å². The van der Waals surface area contributed by atoms with Crippen molar-refractivity contribution in [3.63, 3.8) is 0 Å². The van der Waals surface area contributed by atoms with Crippen molar-refractivity contribution in [2.75, 3.05) is 0 Å². The van der Waals surface area contributed by atoms with Gasteiger partial charge in [-0.05, 0) is 49.6 Å². The van der Waals surface area contributed by atoms with Crippen LogP contribution >= 0.6 is 0 Å². The van der Waals surface area contributed by atoms with Crippen LogP contribution in [0.1, 0.15) is 42.6 Å². The Morgan fingerprint density at radius 3 is 2.37 bits per heavy atom. The molecule has 19 heavy (non-hydrogen) atoms. The zero-order valence-corrected chi connectivity index (χ0v) is 11.7. The normalized spacial score (nSPS) is 14.1. The average Bonchev–Trinajstić information content (AvgIpc) is 2.39. The summed E-state index contributed by atoms with van der Waals surface area (Å²) in [4.78, 5) is 0. The molecule has 0 aliphatic carbocycles. The zero-order chi connectivity index (χ0) is 13.8. The lowest BCUT2D eigenvalue weighted by atomic mass is 10.0. The first-order chi connectivity index (χ1) is 9.08. The van der Waals surface area contributed by atoms with E-state index in [1.54, 1.807) is 12.1 Å². The Labute approximate surface area is 114 Å². The molecule has 0 heterocycles. The summed E-state index contributed by atoms with van der Waals surface area (Å²) in [5.74, 6) is -0.185. The molecule has 0 fully saturated rings. The highest BCUT2D eigenvalue weighted by Crippen LogP contribution is 2.22. The molecular weight excluding hydrogens is 237 g/mol.